The maximum atomic E-state index is 13.5. The van der Waals surface area contributed by atoms with E-state index >= 15 is 0 Å². The molecule has 0 radical (unpaired) electrons. The van der Waals surface area contributed by atoms with Crippen LogP contribution in [-0.4, -0.2) is 83.2 Å². The number of benzene rings is 1. The third kappa shape index (κ3) is 6.56. The highest BCUT2D eigenvalue weighted by Crippen LogP contribution is 2.34. The van der Waals surface area contributed by atoms with Crippen LogP contribution in [0.1, 0.15) is 23.3 Å². The van der Waals surface area contributed by atoms with Gasteiger partial charge in [0.05, 0.1) is 11.0 Å². The van der Waals surface area contributed by atoms with Gasteiger partial charge < -0.3 is 0 Å². The topological polar surface area (TPSA) is 166 Å². The fourth-order valence-electron chi connectivity index (χ4n) is 3.93. The number of hydroxylamine groups is 1. The summed E-state index contributed by atoms with van der Waals surface area (Å²) in [5, 5.41) is 15.4. The van der Waals surface area contributed by atoms with Crippen LogP contribution in [0.15, 0.2) is 46.7 Å². The van der Waals surface area contributed by atoms with Gasteiger partial charge in [0.1, 0.15) is 16.1 Å². The largest absolute Gasteiger partial charge is 0.289 e. The SMILES string of the molecule is Cc1nc(C(S)CCS(=O)(=O)N2CCN(S(=O)(=O)c3ccc(-c4ccccc4)s3)[C@@H](C(=O)NO)C2)n[nH]1.Cl. The summed E-state index contributed by atoms with van der Waals surface area (Å²) < 4.78 is 55.1. The molecule has 0 spiro atoms. The van der Waals surface area contributed by atoms with Crippen molar-refractivity contribution in [1.29, 1.82) is 0 Å². The van der Waals surface area contributed by atoms with Crippen molar-refractivity contribution in [2.75, 3.05) is 25.4 Å². The number of piperazine rings is 1. The molecule has 3 heterocycles. The molecule has 1 fully saturated rings. The monoisotopic (exact) mass is 622 g/mol. The molecule has 0 bridgehead atoms. The van der Waals surface area contributed by atoms with Crippen LogP contribution in [-0.2, 0) is 24.8 Å². The summed E-state index contributed by atoms with van der Waals surface area (Å²) in [7, 11) is -8.04. The van der Waals surface area contributed by atoms with Crippen molar-refractivity contribution >= 4 is 62.3 Å². The molecule has 0 aliphatic carbocycles. The number of carbonyl (C=O) groups excluding carboxylic acids is 1. The Morgan fingerprint density at radius 2 is 1.92 bits per heavy atom. The lowest BCUT2D eigenvalue weighted by molar-refractivity contribution is -0.134. The minimum Gasteiger partial charge on any atom is -0.289 e. The first kappa shape index (κ1) is 30.5. The molecule has 17 heteroatoms. The third-order valence-electron chi connectivity index (χ3n) is 5.86. The number of thiophene rings is 1. The number of nitrogens with one attached hydrogen (secondary N) is 2. The molecule has 1 aromatic carbocycles. The third-order valence-corrected chi connectivity index (χ3v) is 11.7. The van der Waals surface area contributed by atoms with Crippen LogP contribution in [0.3, 0.4) is 0 Å². The van der Waals surface area contributed by atoms with Gasteiger partial charge in [-0.15, -0.1) is 23.7 Å². The van der Waals surface area contributed by atoms with Gasteiger partial charge in [0.2, 0.25) is 10.0 Å². The predicted molar refractivity (Wildman–Crippen MR) is 147 cm³/mol. The number of aromatic nitrogens is 3. The summed E-state index contributed by atoms with van der Waals surface area (Å²) in [6.45, 7) is 0.863. The molecule has 12 nitrogen and oxygen atoms in total. The van der Waals surface area contributed by atoms with Crippen LogP contribution in [0, 0.1) is 6.92 Å². The van der Waals surface area contributed by atoms with Crippen LogP contribution in [0.25, 0.3) is 10.4 Å². The normalized spacial score (nSPS) is 18.0. The number of amides is 1. The van der Waals surface area contributed by atoms with E-state index in [4.69, 9.17) is 0 Å². The Morgan fingerprint density at radius 1 is 1.21 bits per heavy atom. The summed E-state index contributed by atoms with van der Waals surface area (Å²) in [5.74, 6) is -0.379. The number of carbonyl (C=O) groups is 1. The maximum absolute atomic E-state index is 13.5. The zero-order valence-corrected chi connectivity index (χ0v) is 24.2. The molecular formula is C21H27ClN6O6S4. The standard InChI is InChI=1S/C21H26N6O6S4.ClH/c1-14-22-20(24-23-14)17(34)9-12-36(30,31)26-10-11-27(16(13-26)21(28)25-29)37(32,33)19-8-7-18(35-19)15-5-3-2-4-6-15;/h2-8,16-17,29,34H,9-13H2,1H3,(H,25,28)(H,22,23,24);1H/t16-,17?;/m1./s1. The number of aryl methyl sites for hydroxylation is 1. The van der Waals surface area contributed by atoms with E-state index in [1.807, 2.05) is 30.3 Å². The summed E-state index contributed by atoms with van der Waals surface area (Å²) in [6, 6.07) is 10.9. The van der Waals surface area contributed by atoms with Gasteiger partial charge in [0.15, 0.2) is 5.82 Å². The minimum absolute atomic E-state index is 0. The fraction of sp³-hybridized carbons (Fsp3) is 0.381. The number of thiol groups is 1. The number of nitrogens with zero attached hydrogens (tertiary/aromatic N) is 4. The molecule has 4 rings (SSSR count). The van der Waals surface area contributed by atoms with Crippen molar-refractivity contribution in [3.63, 3.8) is 0 Å². The summed E-state index contributed by atoms with van der Waals surface area (Å²) >= 11 is 5.43. The number of H-pyrrole nitrogens is 1. The number of hydrogen-bond acceptors (Lipinski definition) is 10. The lowest BCUT2D eigenvalue weighted by Crippen LogP contribution is -2.61. The molecule has 38 heavy (non-hydrogen) atoms. The second-order valence-electron chi connectivity index (χ2n) is 8.35. The van der Waals surface area contributed by atoms with Crippen molar-refractivity contribution in [3.05, 3.63) is 54.1 Å². The molecular weight excluding hydrogens is 596 g/mol. The highest BCUT2D eigenvalue weighted by Gasteiger charge is 2.43. The van der Waals surface area contributed by atoms with Crippen LogP contribution < -0.4 is 5.48 Å². The van der Waals surface area contributed by atoms with E-state index < -0.39 is 43.8 Å². The Labute approximate surface area is 236 Å². The first-order chi connectivity index (χ1) is 17.5. The van der Waals surface area contributed by atoms with Crippen molar-refractivity contribution < 1.29 is 26.8 Å². The first-order valence-electron chi connectivity index (χ1n) is 11.2. The van der Waals surface area contributed by atoms with Crippen molar-refractivity contribution in [2.24, 2.45) is 0 Å². The van der Waals surface area contributed by atoms with Gasteiger partial charge in [-0.05, 0) is 31.0 Å². The highest BCUT2D eigenvalue weighted by atomic mass is 35.5. The highest BCUT2D eigenvalue weighted by molar-refractivity contribution is 7.91. The van der Waals surface area contributed by atoms with Crippen molar-refractivity contribution in [1.82, 2.24) is 29.3 Å². The lowest BCUT2D eigenvalue weighted by atomic mass is 10.2. The zero-order valence-electron chi connectivity index (χ0n) is 20.1. The number of hydrogen-bond donors (Lipinski definition) is 4. The van der Waals surface area contributed by atoms with Gasteiger partial charge in [0.25, 0.3) is 15.9 Å². The second-order valence-corrected chi connectivity index (χ2v) is 14.3. The number of rotatable bonds is 9. The molecule has 2 atom stereocenters. The molecule has 1 amide bonds. The summed E-state index contributed by atoms with van der Waals surface area (Å²) in [6.07, 6.45) is 0.107. The quantitative estimate of drug-likeness (QED) is 0.159. The smallest absolute Gasteiger partial charge is 0.263 e. The van der Waals surface area contributed by atoms with Gasteiger partial charge >= 0.3 is 0 Å². The summed E-state index contributed by atoms with van der Waals surface area (Å²) in [4.78, 5) is 17.4. The van der Waals surface area contributed by atoms with E-state index in [-0.39, 0.29) is 41.9 Å². The molecule has 208 valence electrons. The maximum Gasteiger partial charge on any atom is 0.263 e. The summed E-state index contributed by atoms with van der Waals surface area (Å²) in [5.41, 5.74) is 2.31. The van der Waals surface area contributed by atoms with E-state index in [0.29, 0.717) is 11.6 Å². The Hall–Kier alpha value is -2.05. The predicted octanol–water partition coefficient (Wildman–Crippen LogP) is 1.83. The number of aromatic amines is 1. The molecule has 1 saturated heterocycles. The molecule has 1 unspecified atom stereocenters. The van der Waals surface area contributed by atoms with Gasteiger partial charge in [-0.1, -0.05) is 30.3 Å². The average molecular weight is 623 g/mol. The van der Waals surface area contributed by atoms with Crippen LogP contribution >= 0.6 is 36.4 Å². The van der Waals surface area contributed by atoms with E-state index in [1.165, 1.54) is 11.5 Å². The van der Waals surface area contributed by atoms with E-state index in [0.717, 1.165) is 30.4 Å². The van der Waals surface area contributed by atoms with Gasteiger partial charge in [-0.3, -0.25) is 15.1 Å². The minimum atomic E-state index is -4.16. The fourth-order valence-corrected chi connectivity index (χ4v) is 8.88. The van der Waals surface area contributed by atoms with Gasteiger partial charge in [-0.25, -0.2) is 27.3 Å². The zero-order chi connectivity index (χ0) is 26.8. The van der Waals surface area contributed by atoms with Crippen LogP contribution in [0.5, 0.6) is 0 Å². The van der Waals surface area contributed by atoms with Crippen LogP contribution in [0.4, 0.5) is 0 Å². The Bertz CT molecular complexity index is 1460. The van der Waals surface area contributed by atoms with Crippen molar-refractivity contribution in [3.8, 4) is 10.4 Å². The Kier molecular flexibility index (Phi) is 9.97. The Morgan fingerprint density at radius 3 is 2.55 bits per heavy atom. The number of halogens is 1. The van der Waals surface area contributed by atoms with E-state index in [2.05, 4.69) is 27.8 Å². The molecule has 1 aliphatic rings. The lowest BCUT2D eigenvalue weighted by Gasteiger charge is -2.38. The van der Waals surface area contributed by atoms with E-state index in [1.54, 1.807) is 13.0 Å². The molecule has 1 aliphatic heterocycles. The van der Waals surface area contributed by atoms with Crippen molar-refractivity contribution in [2.45, 2.75) is 28.8 Å². The molecule has 3 N–H and O–H groups in total. The average Bonchev–Trinajstić information content (AvgIpc) is 3.57. The molecule has 3 aromatic rings. The van der Waals surface area contributed by atoms with Crippen LogP contribution in [0.2, 0.25) is 0 Å². The number of sulfonamides is 2. The van der Waals surface area contributed by atoms with Gasteiger partial charge in [0, 0.05) is 24.5 Å². The molecule has 2 aromatic heterocycles. The van der Waals surface area contributed by atoms with Gasteiger partial charge in [-0.2, -0.15) is 26.3 Å². The van der Waals surface area contributed by atoms with E-state index in [9.17, 15) is 26.8 Å². The first-order valence-corrected chi connectivity index (χ1v) is 15.6. The Balaban J connectivity index is 0.00000400. The second kappa shape index (κ2) is 12.4. The molecule has 0 saturated carbocycles.